The minimum absolute atomic E-state index is 0.489. The van der Waals surface area contributed by atoms with E-state index in [-0.39, 0.29) is 0 Å². The maximum Gasteiger partial charge on any atom is 0.293 e. The Morgan fingerprint density at radius 1 is 1.29 bits per heavy atom. The summed E-state index contributed by atoms with van der Waals surface area (Å²) in [6.45, 7) is 14.4. The zero-order chi connectivity index (χ0) is 13.9. The van der Waals surface area contributed by atoms with Crippen molar-refractivity contribution in [1.82, 2.24) is 10.6 Å². The summed E-state index contributed by atoms with van der Waals surface area (Å²) in [7, 11) is 1.93. The quantitative estimate of drug-likeness (QED) is 0.510. The van der Waals surface area contributed by atoms with Crippen molar-refractivity contribution in [2.75, 3.05) is 33.3 Å². The zero-order valence-corrected chi connectivity index (χ0v) is 12.5. The first-order valence-corrected chi connectivity index (χ1v) is 6.59. The Bertz CT molecular complexity index is 118. The summed E-state index contributed by atoms with van der Waals surface area (Å²) in [5.41, 5.74) is 0. The van der Waals surface area contributed by atoms with Crippen molar-refractivity contribution in [2.24, 2.45) is 5.92 Å². The van der Waals surface area contributed by atoms with E-state index in [0.717, 1.165) is 26.1 Å². The van der Waals surface area contributed by atoms with Crippen LogP contribution in [0, 0.1) is 5.92 Å². The molecule has 0 radical (unpaired) electrons. The fourth-order valence-electron chi connectivity index (χ4n) is 0.719. The predicted molar refractivity (Wildman–Crippen MR) is 75.3 cm³/mol. The maximum atomic E-state index is 9.70. The fraction of sp³-hybridized carbons (Fsp3) is 0.923. The van der Waals surface area contributed by atoms with Gasteiger partial charge in [-0.2, -0.15) is 0 Å². The lowest BCUT2D eigenvalue weighted by atomic mass is 10.2. The van der Waals surface area contributed by atoms with Gasteiger partial charge in [-0.05, 0) is 39.0 Å². The normalized spacial score (nSPS) is 8.65. The summed E-state index contributed by atoms with van der Waals surface area (Å²) in [4.78, 5) is 9.70. The average molecular weight is 248 g/mol. The molecule has 0 aliphatic heterocycles. The van der Waals surface area contributed by atoms with Gasteiger partial charge in [-0.1, -0.05) is 34.6 Å². The van der Waals surface area contributed by atoms with Crippen LogP contribution in [-0.4, -0.2) is 39.8 Å². The molecule has 0 atom stereocenters. The highest BCUT2D eigenvalue weighted by Crippen LogP contribution is 1.87. The van der Waals surface area contributed by atoms with Crippen molar-refractivity contribution in [3.63, 3.8) is 0 Å². The second kappa shape index (κ2) is 24.6. The van der Waals surface area contributed by atoms with E-state index in [0.29, 0.717) is 19.0 Å². The Hall–Kier alpha value is -0.610. The molecule has 106 valence electrons. The number of rotatable bonds is 8. The fourth-order valence-corrected chi connectivity index (χ4v) is 0.719. The number of hydrogen-bond acceptors (Lipinski definition) is 4. The first kappa shape index (κ1) is 21.7. The highest BCUT2D eigenvalue weighted by Gasteiger charge is 1.91. The Morgan fingerprint density at radius 2 is 1.82 bits per heavy atom. The monoisotopic (exact) mass is 248 g/mol. The Balaban J connectivity index is -0.000000275. The number of carbonyl (C=O) groups is 1. The van der Waals surface area contributed by atoms with Crippen LogP contribution in [-0.2, 0) is 9.53 Å². The van der Waals surface area contributed by atoms with Gasteiger partial charge in [-0.15, -0.1) is 0 Å². The molecule has 0 aromatic rings. The van der Waals surface area contributed by atoms with Crippen LogP contribution < -0.4 is 10.6 Å². The van der Waals surface area contributed by atoms with Crippen LogP contribution in [0.3, 0.4) is 0 Å². The highest BCUT2D eigenvalue weighted by atomic mass is 16.5. The van der Waals surface area contributed by atoms with Crippen LogP contribution in [0.1, 0.15) is 41.0 Å². The van der Waals surface area contributed by atoms with Crippen molar-refractivity contribution < 1.29 is 9.53 Å². The van der Waals surface area contributed by atoms with E-state index in [4.69, 9.17) is 0 Å². The van der Waals surface area contributed by atoms with Crippen molar-refractivity contribution >= 4 is 6.47 Å². The molecule has 0 rings (SSSR count). The second-order valence-electron chi connectivity index (χ2n) is 3.63. The molecule has 0 heterocycles. The number of ether oxygens (including phenoxy) is 1. The number of nitrogens with one attached hydrogen (secondary N) is 2. The third-order valence-corrected chi connectivity index (χ3v) is 1.59. The van der Waals surface area contributed by atoms with Crippen molar-refractivity contribution in [1.29, 1.82) is 0 Å². The van der Waals surface area contributed by atoms with Crippen LogP contribution in [0.15, 0.2) is 0 Å². The standard InChI is InChI=1S/C8H17NO2.C3H9N.C2H6/c1-8(2)6-9-4-3-5-11-7-10;1-3-4-2;1-2/h7-9H,3-6H2,1-2H3;4H,3H2,1-2H3;1-2H3. The van der Waals surface area contributed by atoms with Gasteiger partial charge in [0.25, 0.3) is 6.47 Å². The van der Waals surface area contributed by atoms with E-state index < -0.39 is 0 Å². The molecule has 0 saturated heterocycles. The van der Waals surface area contributed by atoms with Crippen molar-refractivity contribution in [2.45, 2.75) is 41.0 Å². The molecule has 0 unspecified atom stereocenters. The maximum absolute atomic E-state index is 9.70. The summed E-state index contributed by atoms with van der Waals surface area (Å²) in [6.07, 6.45) is 0.894. The molecule has 0 aliphatic carbocycles. The molecule has 4 nitrogen and oxygen atoms in total. The SMILES string of the molecule is CC.CC(C)CNCCCOC=O.CCNC. The Kier molecular flexibility index (Phi) is 31.3. The molecule has 2 N–H and O–H groups in total. The second-order valence-corrected chi connectivity index (χ2v) is 3.63. The molecule has 0 aromatic carbocycles. The minimum atomic E-state index is 0.489. The summed E-state index contributed by atoms with van der Waals surface area (Å²) in [6, 6.07) is 0. The molecule has 0 aromatic heterocycles. The van der Waals surface area contributed by atoms with Crippen molar-refractivity contribution in [3.05, 3.63) is 0 Å². The molecule has 0 fully saturated rings. The first-order valence-electron chi connectivity index (χ1n) is 6.59. The van der Waals surface area contributed by atoms with Crippen molar-refractivity contribution in [3.8, 4) is 0 Å². The topological polar surface area (TPSA) is 50.4 Å². The van der Waals surface area contributed by atoms with Crippen LogP contribution in [0.5, 0.6) is 0 Å². The smallest absolute Gasteiger partial charge is 0.293 e. The van der Waals surface area contributed by atoms with E-state index in [1.807, 2.05) is 20.9 Å². The van der Waals surface area contributed by atoms with E-state index in [2.05, 4.69) is 36.1 Å². The molecule has 0 bridgehead atoms. The zero-order valence-electron chi connectivity index (χ0n) is 12.5. The van der Waals surface area contributed by atoms with Gasteiger partial charge in [0.05, 0.1) is 6.61 Å². The predicted octanol–water partition coefficient (Wildman–Crippen LogP) is 2.05. The third-order valence-electron chi connectivity index (χ3n) is 1.59. The van der Waals surface area contributed by atoms with E-state index in [1.54, 1.807) is 0 Å². The molecule has 0 aliphatic rings. The molecule has 4 heteroatoms. The number of hydrogen-bond donors (Lipinski definition) is 2. The molecular formula is C13H32N2O2. The van der Waals surface area contributed by atoms with Gasteiger partial charge in [0.15, 0.2) is 0 Å². The lowest BCUT2D eigenvalue weighted by molar-refractivity contribution is -0.128. The number of carbonyl (C=O) groups excluding carboxylic acids is 1. The van der Waals surface area contributed by atoms with E-state index >= 15 is 0 Å². The van der Waals surface area contributed by atoms with Gasteiger partial charge in [0.2, 0.25) is 0 Å². The van der Waals surface area contributed by atoms with Crippen LogP contribution >= 0.6 is 0 Å². The summed E-state index contributed by atoms with van der Waals surface area (Å²) >= 11 is 0. The van der Waals surface area contributed by atoms with Crippen LogP contribution in [0.25, 0.3) is 0 Å². The summed E-state index contributed by atoms with van der Waals surface area (Å²) in [5, 5.41) is 6.18. The highest BCUT2D eigenvalue weighted by molar-refractivity contribution is 5.36. The third kappa shape index (κ3) is 39.2. The van der Waals surface area contributed by atoms with Gasteiger partial charge < -0.3 is 15.4 Å². The first-order chi connectivity index (χ1) is 8.18. The van der Waals surface area contributed by atoms with E-state index in [1.165, 1.54) is 0 Å². The van der Waals surface area contributed by atoms with E-state index in [9.17, 15) is 4.79 Å². The molecule has 17 heavy (non-hydrogen) atoms. The van der Waals surface area contributed by atoms with Gasteiger partial charge in [0.1, 0.15) is 0 Å². The van der Waals surface area contributed by atoms with Crippen LogP contribution in [0.2, 0.25) is 0 Å². The van der Waals surface area contributed by atoms with Gasteiger partial charge in [0, 0.05) is 0 Å². The summed E-state index contributed by atoms with van der Waals surface area (Å²) < 4.78 is 4.52. The largest absolute Gasteiger partial charge is 0.468 e. The minimum Gasteiger partial charge on any atom is -0.468 e. The summed E-state index contributed by atoms with van der Waals surface area (Å²) in [5.74, 6) is 0.682. The molecule has 0 saturated carbocycles. The molecule has 0 spiro atoms. The van der Waals surface area contributed by atoms with Gasteiger partial charge in [-0.25, -0.2) is 0 Å². The lowest BCUT2D eigenvalue weighted by Crippen LogP contribution is -2.21. The average Bonchev–Trinajstić information content (AvgIpc) is 2.36. The van der Waals surface area contributed by atoms with Crippen LogP contribution in [0.4, 0.5) is 0 Å². The Morgan fingerprint density at radius 3 is 2.18 bits per heavy atom. The molecular weight excluding hydrogens is 216 g/mol. The lowest BCUT2D eigenvalue weighted by Gasteiger charge is -2.05. The van der Waals surface area contributed by atoms with Gasteiger partial charge >= 0.3 is 0 Å². The molecule has 0 amide bonds. The van der Waals surface area contributed by atoms with Gasteiger partial charge in [-0.3, -0.25) is 4.79 Å². The Labute approximate surface area is 108 Å².